The van der Waals surface area contributed by atoms with Crippen molar-refractivity contribution < 1.29 is 14.4 Å². The van der Waals surface area contributed by atoms with Crippen LogP contribution in [0.1, 0.15) is 41.6 Å². The third kappa shape index (κ3) is 3.20. The third-order valence-corrected chi connectivity index (χ3v) is 4.80. The largest absolute Gasteiger partial charge is 0.296 e. The van der Waals surface area contributed by atoms with E-state index in [0.29, 0.717) is 5.13 Å². The Morgan fingerprint density at radius 3 is 2.67 bits per heavy atom. The van der Waals surface area contributed by atoms with Crippen LogP contribution < -0.4 is 5.32 Å². The molecule has 134 valence electrons. The Morgan fingerprint density at radius 1 is 1.15 bits per heavy atom. The molecule has 0 spiro atoms. The first-order chi connectivity index (χ1) is 13.0. The maximum Gasteiger partial charge on any atom is 0.261 e. The molecule has 0 atom stereocenters. The molecule has 0 unspecified atom stereocenters. The van der Waals surface area contributed by atoms with E-state index in [4.69, 9.17) is 0 Å². The Morgan fingerprint density at radius 2 is 1.96 bits per heavy atom. The van der Waals surface area contributed by atoms with E-state index in [-0.39, 0.29) is 29.1 Å². The molecule has 3 aromatic rings. The van der Waals surface area contributed by atoms with E-state index in [9.17, 15) is 14.4 Å². The lowest BCUT2D eigenvalue weighted by Crippen LogP contribution is -2.29. The summed E-state index contributed by atoms with van der Waals surface area (Å²) in [6, 6.07) is 7.98. The highest BCUT2D eigenvalue weighted by atomic mass is 32.1. The smallest absolute Gasteiger partial charge is 0.261 e. The fraction of sp³-hybridized carbons (Fsp3) is 0.111. The molecule has 0 bridgehead atoms. The van der Waals surface area contributed by atoms with Crippen molar-refractivity contribution in [2.24, 2.45) is 0 Å². The second-order valence-corrected chi connectivity index (χ2v) is 7.08. The van der Waals surface area contributed by atoms with Crippen LogP contribution in [0.4, 0.5) is 5.13 Å². The minimum absolute atomic E-state index is 0.131. The normalized spacial score (nSPS) is 13.0. The molecule has 0 saturated carbocycles. The van der Waals surface area contributed by atoms with Crippen molar-refractivity contribution >= 4 is 34.2 Å². The second kappa shape index (κ2) is 6.69. The molecule has 1 N–H and O–H groups in total. The Bertz CT molecular complexity index is 1060. The van der Waals surface area contributed by atoms with Gasteiger partial charge in [-0.1, -0.05) is 17.4 Å². The van der Waals surface area contributed by atoms with Crippen LogP contribution in [0.2, 0.25) is 0 Å². The number of fused-ring (bicyclic) bond motifs is 1. The van der Waals surface area contributed by atoms with Crippen molar-refractivity contribution in [2.75, 3.05) is 5.32 Å². The van der Waals surface area contributed by atoms with Crippen LogP contribution in [-0.4, -0.2) is 37.8 Å². The maximum atomic E-state index is 12.7. The zero-order valence-corrected chi connectivity index (χ0v) is 15.0. The van der Waals surface area contributed by atoms with Gasteiger partial charge < -0.3 is 0 Å². The van der Waals surface area contributed by atoms with E-state index >= 15 is 0 Å². The first kappa shape index (κ1) is 17.0. The average molecular weight is 379 g/mol. The average Bonchev–Trinajstić information content (AvgIpc) is 3.19. The zero-order valence-electron chi connectivity index (χ0n) is 14.2. The molecule has 8 nitrogen and oxygen atoms in total. The predicted octanol–water partition coefficient (Wildman–Crippen LogP) is 2.29. The number of hydrogen-bond acceptors (Lipinski definition) is 7. The Hall–Kier alpha value is -3.46. The van der Waals surface area contributed by atoms with Crippen LogP contribution in [0.25, 0.3) is 0 Å². The molecular formula is C18H13N5O3S. The molecule has 0 radical (unpaired) electrons. The number of nitrogens with one attached hydrogen (secondary N) is 1. The van der Waals surface area contributed by atoms with Gasteiger partial charge in [0.25, 0.3) is 17.7 Å². The lowest BCUT2D eigenvalue weighted by atomic mass is 10.1. The third-order valence-electron chi connectivity index (χ3n) is 4.04. The van der Waals surface area contributed by atoms with Gasteiger partial charge in [-0.15, -0.1) is 10.2 Å². The van der Waals surface area contributed by atoms with E-state index in [1.165, 1.54) is 29.5 Å². The van der Waals surface area contributed by atoms with E-state index in [0.717, 1.165) is 15.5 Å². The number of nitrogens with zero attached hydrogens (tertiary/aromatic N) is 4. The van der Waals surface area contributed by atoms with Gasteiger partial charge in [0.1, 0.15) is 5.01 Å². The molecule has 27 heavy (non-hydrogen) atoms. The standard InChI is InChI=1S/C18H13N5O3S/c1-10-21-22-18(27-10)20-15(24)12-4-5-13-14(7-12)17(26)23(16(13)25)9-11-3-2-6-19-8-11/h2-8H,9H2,1H3,(H,20,22,24). The summed E-state index contributed by atoms with van der Waals surface area (Å²) in [5.74, 6) is -1.23. The summed E-state index contributed by atoms with van der Waals surface area (Å²) in [6.45, 7) is 1.91. The molecule has 0 saturated heterocycles. The molecule has 3 amide bonds. The second-order valence-electron chi connectivity index (χ2n) is 5.90. The number of carbonyl (C=O) groups is 3. The monoisotopic (exact) mass is 379 g/mol. The molecular weight excluding hydrogens is 366 g/mol. The lowest BCUT2D eigenvalue weighted by molar-refractivity contribution is 0.0642. The lowest BCUT2D eigenvalue weighted by Gasteiger charge is -2.13. The van der Waals surface area contributed by atoms with E-state index < -0.39 is 11.8 Å². The highest BCUT2D eigenvalue weighted by Crippen LogP contribution is 2.26. The first-order valence-electron chi connectivity index (χ1n) is 8.03. The summed E-state index contributed by atoms with van der Waals surface area (Å²) in [4.78, 5) is 42.8. The minimum Gasteiger partial charge on any atom is -0.296 e. The van der Waals surface area contributed by atoms with Gasteiger partial charge in [0.15, 0.2) is 0 Å². The van der Waals surface area contributed by atoms with Gasteiger partial charge in [0, 0.05) is 18.0 Å². The number of aryl methyl sites for hydroxylation is 1. The Kier molecular flexibility index (Phi) is 4.21. The summed E-state index contributed by atoms with van der Waals surface area (Å²) in [7, 11) is 0. The number of aromatic nitrogens is 3. The van der Waals surface area contributed by atoms with Crippen LogP contribution in [0.5, 0.6) is 0 Å². The molecule has 9 heteroatoms. The molecule has 3 heterocycles. The van der Waals surface area contributed by atoms with E-state index in [2.05, 4.69) is 20.5 Å². The molecule has 1 aromatic carbocycles. The highest BCUT2D eigenvalue weighted by molar-refractivity contribution is 7.15. The van der Waals surface area contributed by atoms with E-state index in [1.807, 2.05) is 0 Å². The van der Waals surface area contributed by atoms with Crippen LogP contribution in [0.3, 0.4) is 0 Å². The summed E-state index contributed by atoms with van der Waals surface area (Å²) in [5.41, 5.74) is 1.51. The van der Waals surface area contributed by atoms with Crippen molar-refractivity contribution in [3.63, 3.8) is 0 Å². The van der Waals surface area contributed by atoms with Gasteiger partial charge in [0.05, 0.1) is 17.7 Å². The molecule has 0 aliphatic carbocycles. The predicted molar refractivity (Wildman–Crippen MR) is 97.5 cm³/mol. The quantitative estimate of drug-likeness (QED) is 0.697. The number of carbonyl (C=O) groups excluding carboxylic acids is 3. The van der Waals surface area contributed by atoms with Gasteiger partial charge in [-0.3, -0.25) is 29.6 Å². The van der Waals surface area contributed by atoms with Crippen molar-refractivity contribution in [2.45, 2.75) is 13.5 Å². The number of benzene rings is 1. The van der Waals surface area contributed by atoms with Crippen LogP contribution in [0.15, 0.2) is 42.7 Å². The SMILES string of the molecule is Cc1nnc(NC(=O)c2ccc3c(c2)C(=O)N(Cc2cccnc2)C3=O)s1. The van der Waals surface area contributed by atoms with Gasteiger partial charge in [-0.05, 0) is 36.8 Å². The molecule has 1 aliphatic heterocycles. The van der Waals surface area contributed by atoms with Gasteiger partial charge in [-0.25, -0.2) is 0 Å². The number of pyridine rings is 1. The highest BCUT2D eigenvalue weighted by Gasteiger charge is 2.36. The van der Waals surface area contributed by atoms with Crippen LogP contribution in [-0.2, 0) is 6.54 Å². The molecule has 4 rings (SSSR count). The number of anilines is 1. The summed E-state index contributed by atoms with van der Waals surface area (Å²) in [5, 5.41) is 11.4. The molecule has 0 fully saturated rings. The van der Waals surface area contributed by atoms with Crippen molar-refractivity contribution in [1.29, 1.82) is 0 Å². The topological polar surface area (TPSA) is 105 Å². The molecule has 1 aliphatic rings. The fourth-order valence-electron chi connectivity index (χ4n) is 2.77. The summed E-state index contributed by atoms with van der Waals surface area (Å²) < 4.78 is 0. The van der Waals surface area contributed by atoms with Crippen molar-refractivity contribution in [3.05, 3.63) is 70.0 Å². The van der Waals surface area contributed by atoms with E-state index in [1.54, 1.807) is 31.5 Å². The Labute approximate surface area is 157 Å². The first-order valence-corrected chi connectivity index (χ1v) is 8.85. The Balaban J connectivity index is 1.57. The summed E-state index contributed by atoms with van der Waals surface area (Å²) in [6.07, 6.45) is 3.22. The number of amides is 3. The zero-order chi connectivity index (χ0) is 19.0. The maximum absolute atomic E-state index is 12.7. The van der Waals surface area contributed by atoms with Crippen LogP contribution >= 0.6 is 11.3 Å². The molecule has 2 aromatic heterocycles. The fourth-order valence-corrected chi connectivity index (χ4v) is 3.35. The number of hydrogen-bond donors (Lipinski definition) is 1. The van der Waals surface area contributed by atoms with Crippen molar-refractivity contribution in [3.8, 4) is 0 Å². The summed E-state index contributed by atoms with van der Waals surface area (Å²) >= 11 is 1.25. The van der Waals surface area contributed by atoms with Crippen LogP contribution in [0, 0.1) is 6.92 Å². The van der Waals surface area contributed by atoms with Gasteiger partial charge >= 0.3 is 0 Å². The van der Waals surface area contributed by atoms with Gasteiger partial charge in [-0.2, -0.15) is 0 Å². The van der Waals surface area contributed by atoms with Gasteiger partial charge in [0.2, 0.25) is 5.13 Å². The number of rotatable bonds is 4. The number of imide groups is 1. The van der Waals surface area contributed by atoms with Crippen molar-refractivity contribution in [1.82, 2.24) is 20.1 Å². The minimum atomic E-state index is -0.430.